The summed E-state index contributed by atoms with van der Waals surface area (Å²) in [6.07, 6.45) is 4.64. The molecule has 1 aliphatic rings. The Bertz CT molecular complexity index is 1130. The van der Waals surface area contributed by atoms with Gasteiger partial charge in [-0.2, -0.15) is 0 Å². The monoisotopic (exact) mass is 478 g/mol. The SMILES string of the molecule is COc1ccccc1NC(=O)C(C)Sc1nnc(-c2ccc(C(C)(C)C)cc2)n1C1CCCC1. The van der Waals surface area contributed by atoms with Crippen molar-refractivity contribution >= 4 is 23.4 Å². The van der Waals surface area contributed by atoms with Gasteiger partial charge in [-0.3, -0.25) is 9.36 Å². The average molecular weight is 479 g/mol. The van der Waals surface area contributed by atoms with Crippen LogP contribution in [-0.4, -0.2) is 33.0 Å². The fourth-order valence-electron chi connectivity index (χ4n) is 4.36. The quantitative estimate of drug-likeness (QED) is 0.393. The molecule has 1 saturated carbocycles. The fourth-order valence-corrected chi connectivity index (χ4v) is 5.28. The third-order valence-electron chi connectivity index (χ3n) is 6.38. The van der Waals surface area contributed by atoms with Gasteiger partial charge in [-0.15, -0.1) is 10.2 Å². The van der Waals surface area contributed by atoms with Crippen molar-refractivity contribution in [2.75, 3.05) is 12.4 Å². The summed E-state index contributed by atoms with van der Waals surface area (Å²) in [5.41, 5.74) is 3.12. The minimum absolute atomic E-state index is 0.0912. The Balaban J connectivity index is 1.58. The van der Waals surface area contributed by atoms with E-state index in [-0.39, 0.29) is 16.6 Å². The van der Waals surface area contributed by atoms with Crippen LogP contribution in [0.3, 0.4) is 0 Å². The number of hydrogen-bond donors (Lipinski definition) is 1. The molecule has 1 fully saturated rings. The molecule has 2 aromatic carbocycles. The standard InChI is InChI=1S/C27H34N4O2S/c1-18(25(32)28-22-12-8-9-13-23(22)33-5)34-26-30-29-24(31(26)21-10-6-7-11-21)19-14-16-20(17-15-19)27(2,3)4/h8-9,12-18,21H,6-7,10-11H2,1-5H3,(H,28,32). The van der Waals surface area contributed by atoms with Crippen LogP contribution in [0, 0.1) is 0 Å². The van der Waals surface area contributed by atoms with Gasteiger partial charge in [-0.25, -0.2) is 0 Å². The lowest BCUT2D eigenvalue weighted by atomic mass is 9.86. The number of anilines is 1. The van der Waals surface area contributed by atoms with Gasteiger partial charge in [0.05, 0.1) is 18.0 Å². The van der Waals surface area contributed by atoms with Crippen molar-refractivity contribution in [3.05, 3.63) is 54.1 Å². The molecule has 1 aliphatic carbocycles. The predicted octanol–water partition coefficient (Wildman–Crippen LogP) is 6.49. The van der Waals surface area contributed by atoms with Gasteiger partial charge in [0.1, 0.15) is 5.75 Å². The van der Waals surface area contributed by atoms with Gasteiger partial charge in [0, 0.05) is 11.6 Å². The van der Waals surface area contributed by atoms with E-state index in [4.69, 9.17) is 4.74 Å². The molecular weight excluding hydrogens is 444 g/mol. The molecule has 0 saturated heterocycles. The number of nitrogens with one attached hydrogen (secondary N) is 1. The molecular formula is C27H34N4O2S. The molecule has 1 heterocycles. The molecule has 0 bridgehead atoms. The number of hydrogen-bond acceptors (Lipinski definition) is 5. The summed E-state index contributed by atoms with van der Waals surface area (Å²) in [5.74, 6) is 1.43. The van der Waals surface area contributed by atoms with E-state index in [1.807, 2.05) is 31.2 Å². The van der Waals surface area contributed by atoms with Crippen molar-refractivity contribution in [2.24, 2.45) is 0 Å². The number of methoxy groups -OCH3 is 1. The molecule has 6 nitrogen and oxygen atoms in total. The summed E-state index contributed by atoms with van der Waals surface area (Å²) >= 11 is 1.46. The third-order valence-corrected chi connectivity index (χ3v) is 7.44. The maximum Gasteiger partial charge on any atom is 0.237 e. The molecule has 1 aromatic heterocycles. The van der Waals surface area contributed by atoms with E-state index in [1.165, 1.54) is 30.2 Å². The van der Waals surface area contributed by atoms with Gasteiger partial charge >= 0.3 is 0 Å². The highest BCUT2D eigenvalue weighted by Crippen LogP contribution is 2.38. The van der Waals surface area contributed by atoms with E-state index in [2.05, 4.69) is 65.1 Å². The molecule has 1 amide bonds. The van der Waals surface area contributed by atoms with Crippen LogP contribution < -0.4 is 10.1 Å². The summed E-state index contributed by atoms with van der Waals surface area (Å²) in [6.45, 7) is 8.56. The maximum atomic E-state index is 13.0. The number of amides is 1. The Morgan fingerprint density at radius 1 is 1.09 bits per heavy atom. The van der Waals surface area contributed by atoms with Gasteiger partial charge in [0.15, 0.2) is 11.0 Å². The van der Waals surface area contributed by atoms with E-state index in [0.717, 1.165) is 29.4 Å². The molecule has 34 heavy (non-hydrogen) atoms. The zero-order chi connectivity index (χ0) is 24.3. The molecule has 1 atom stereocenters. The van der Waals surface area contributed by atoms with Crippen molar-refractivity contribution in [3.8, 4) is 17.1 Å². The largest absolute Gasteiger partial charge is 0.495 e. The molecule has 1 N–H and O–H groups in total. The number of rotatable bonds is 7. The Hall–Kier alpha value is -2.80. The Labute approximate surface area is 206 Å². The number of nitrogens with zero attached hydrogens (tertiary/aromatic N) is 3. The van der Waals surface area contributed by atoms with Gasteiger partial charge in [-0.05, 0) is 42.9 Å². The summed E-state index contributed by atoms with van der Waals surface area (Å²) in [6, 6.07) is 16.4. The lowest BCUT2D eigenvalue weighted by molar-refractivity contribution is -0.115. The normalized spacial score (nSPS) is 15.3. The average Bonchev–Trinajstić information content (AvgIpc) is 3.48. The topological polar surface area (TPSA) is 69.0 Å². The smallest absolute Gasteiger partial charge is 0.237 e. The summed E-state index contributed by atoms with van der Waals surface area (Å²) in [7, 11) is 1.60. The van der Waals surface area contributed by atoms with Crippen LogP contribution in [0.2, 0.25) is 0 Å². The number of ether oxygens (including phenoxy) is 1. The second-order valence-electron chi connectivity index (χ2n) is 9.89. The highest BCUT2D eigenvalue weighted by atomic mass is 32.2. The number of para-hydroxylation sites is 2. The Morgan fingerprint density at radius 3 is 2.41 bits per heavy atom. The summed E-state index contributed by atoms with van der Waals surface area (Å²) in [4.78, 5) is 13.0. The van der Waals surface area contributed by atoms with E-state index in [1.54, 1.807) is 7.11 Å². The number of thioether (sulfide) groups is 1. The molecule has 180 valence electrons. The molecule has 3 aromatic rings. The minimum atomic E-state index is -0.342. The molecule has 0 aliphatic heterocycles. The van der Waals surface area contributed by atoms with Crippen molar-refractivity contribution in [2.45, 2.75) is 75.2 Å². The van der Waals surface area contributed by atoms with Crippen molar-refractivity contribution in [1.29, 1.82) is 0 Å². The van der Waals surface area contributed by atoms with Crippen LogP contribution in [0.1, 0.15) is 65.0 Å². The molecule has 0 spiro atoms. The van der Waals surface area contributed by atoms with E-state index in [9.17, 15) is 4.79 Å². The maximum absolute atomic E-state index is 13.0. The van der Waals surface area contributed by atoms with Gasteiger partial charge in [0.25, 0.3) is 0 Å². The van der Waals surface area contributed by atoms with Gasteiger partial charge in [0.2, 0.25) is 5.91 Å². The van der Waals surface area contributed by atoms with Gasteiger partial charge in [-0.1, -0.05) is 81.8 Å². The number of carbonyl (C=O) groups excluding carboxylic acids is 1. The molecule has 7 heteroatoms. The van der Waals surface area contributed by atoms with Crippen molar-refractivity contribution in [1.82, 2.24) is 14.8 Å². The molecule has 1 unspecified atom stereocenters. The first kappa shape index (κ1) is 24.3. The summed E-state index contributed by atoms with van der Waals surface area (Å²) in [5, 5.41) is 12.6. The Morgan fingerprint density at radius 2 is 1.76 bits per heavy atom. The lowest BCUT2D eigenvalue weighted by Gasteiger charge is -2.20. The Kier molecular flexibility index (Phi) is 7.31. The van der Waals surface area contributed by atoms with Crippen LogP contribution in [-0.2, 0) is 10.2 Å². The molecule has 0 radical (unpaired) electrons. The zero-order valence-electron chi connectivity index (χ0n) is 20.7. The number of benzene rings is 2. The second-order valence-corrected chi connectivity index (χ2v) is 11.2. The van der Waals surface area contributed by atoms with E-state index in [0.29, 0.717) is 17.5 Å². The zero-order valence-corrected chi connectivity index (χ0v) is 21.5. The number of aromatic nitrogens is 3. The van der Waals surface area contributed by atoms with Crippen LogP contribution in [0.5, 0.6) is 5.75 Å². The van der Waals surface area contributed by atoms with Crippen LogP contribution >= 0.6 is 11.8 Å². The van der Waals surface area contributed by atoms with E-state index >= 15 is 0 Å². The van der Waals surface area contributed by atoms with Crippen LogP contribution in [0.25, 0.3) is 11.4 Å². The predicted molar refractivity (Wildman–Crippen MR) is 139 cm³/mol. The first-order valence-corrected chi connectivity index (χ1v) is 12.8. The van der Waals surface area contributed by atoms with E-state index < -0.39 is 0 Å². The van der Waals surface area contributed by atoms with Crippen molar-refractivity contribution < 1.29 is 9.53 Å². The number of carbonyl (C=O) groups is 1. The summed E-state index contributed by atoms with van der Waals surface area (Å²) < 4.78 is 7.63. The lowest BCUT2D eigenvalue weighted by Crippen LogP contribution is -2.23. The highest BCUT2D eigenvalue weighted by Gasteiger charge is 2.27. The first-order chi connectivity index (χ1) is 16.3. The van der Waals surface area contributed by atoms with Crippen molar-refractivity contribution in [3.63, 3.8) is 0 Å². The van der Waals surface area contributed by atoms with Gasteiger partial charge < -0.3 is 10.1 Å². The molecule has 4 rings (SSSR count). The van der Waals surface area contributed by atoms with Crippen LogP contribution in [0.4, 0.5) is 5.69 Å². The third kappa shape index (κ3) is 5.30. The van der Waals surface area contributed by atoms with Crippen LogP contribution in [0.15, 0.2) is 53.7 Å². The second kappa shape index (κ2) is 10.2. The first-order valence-electron chi connectivity index (χ1n) is 11.9. The fraction of sp³-hybridized carbons (Fsp3) is 0.444. The minimum Gasteiger partial charge on any atom is -0.495 e. The highest BCUT2D eigenvalue weighted by molar-refractivity contribution is 8.00.